The minimum absolute atomic E-state index is 0.548. The van der Waals surface area contributed by atoms with Crippen LogP contribution in [0.15, 0.2) is 0 Å². The van der Waals surface area contributed by atoms with Crippen LogP contribution >= 0.6 is 11.5 Å². The first-order chi connectivity index (χ1) is 8.04. The molecule has 98 valence electrons. The Morgan fingerprint density at radius 3 is 2.47 bits per heavy atom. The number of hydrogen-bond acceptors (Lipinski definition) is 6. The lowest BCUT2D eigenvalue weighted by Gasteiger charge is -2.23. The van der Waals surface area contributed by atoms with Crippen molar-refractivity contribution in [2.75, 3.05) is 45.0 Å². The minimum Gasteiger partial charge on any atom is -0.359 e. The highest BCUT2D eigenvalue weighted by Gasteiger charge is 2.11. The summed E-state index contributed by atoms with van der Waals surface area (Å²) in [7, 11) is 8.14. The molecule has 1 rings (SSSR count). The van der Waals surface area contributed by atoms with Crippen LogP contribution in [0.1, 0.15) is 19.8 Å². The molecule has 0 saturated heterocycles. The minimum atomic E-state index is 0.548. The lowest BCUT2D eigenvalue weighted by atomic mass is 10.1. The summed E-state index contributed by atoms with van der Waals surface area (Å²) >= 11 is 1.42. The predicted octanol–water partition coefficient (Wildman–Crippen LogP) is 1.75. The lowest BCUT2D eigenvalue weighted by molar-refractivity contribution is 0.288. The third kappa shape index (κ3) is 4.47. The second-order valence-electron chi connectivity index (χ2n) is 4.58. The first kappa shape index (κ1) is 14.2. The van der Waals surface area contributed by atoms with Gasteiger partial charge in [-0.2, -0.15) is 9.36 Å². The number of likely N-dealkylation sites (N-methyl/N-ethyl adjacent to an activating group) is 1. The highest BCUT2D eigenvalue weighted by Crippen LogP contribution is 2.16. The lowest BCUT2D eigenvalue weighted by Crippen LogP contribution is -2.34. The smallest absolute Gasteiger partial charge is 0.238 e. The Bertz CT molecular complexity index is 323. The molecular formula is C11H23N5S. The van der Waals surface area contributed by atoms with Gasteiger partial charge in [0.25, 0.3) is 0 Å². The zero-order valence-electron chi connectivity index (χ0n) is 11.4. The van der Waals surface area contributed by atoms with Gasteiger partial charge < -0.3 is 15.1 Å². The van der Waals surface area contributed by atoms with Crippen LogP contribution in [0, 0.1) is 0 Å². The SMILES string of the molecule is CCC[C@@H](CNc1nc(N(C)C)ns1)N(C)C. The van der Waals surface area contributed by atoms with Gasteiger partial charge in [-0.1, -0.05) is 13.3 Å². The van der Waals surface area contributed by atoms with Crippen LogP contribution in [0.3, 0.4) is 0 Å². The van der Waals surface area contributed by atoms with Gasteiger partial charge >= 0.3 is 0 Å². The summed E-state index contributed by atoms with van der Waals surface area (Å²) in [6.45, 7) is 3.13. The van der Waals surface area contributed by atoms with E-state index in [0.29, 0.717) is 6.04 Å². The summed E-state index contributed by atoms with van der Waals surface area (Å²) in [4.78, 5) is 8.57. The van der Waals surface area contributed by atoms with Gasteiger partial charge in [0.1, 0.15) is 0 Å². The van der Waals surface area contributed by atoms with Crippen LogP contribution in [0.4, 0.5) is 11.1 Å². The normalized spacial score (nSPS) is 12.8. The molecule has 0 radical (unpaired) electrons. The van der Waals surface area contributed by atoms with Gasteiger partial charge in [0.2, 0.25) is 11.1 Å². The van der Waals surface area contributed by atoms with E-state index in [0.717, 1.165) is 17.6 Å². The van der Waals surface area contributed by atoms with Crippen LogP contribution in [-0.2, 0) is 0 Å². The Morgan fingerprint density at radius 1 is 1.29 bits per heavy atom. The van der Waals surface area contributed by atoms with Crippen LogP contribution in [0.5, 0.6) is 0 Å². The van der Waals surface area contributed by atoms with Gasteiger partial charge in [-0.05, 0) is 20.5 Å². The quantitative estimate of drug-likeness (QED) is 0.806. The van der Waals surface area contributed by atoms with E-state index in [2.05, 4.69) is 40.6 Å². The molecular weight excluding hydrogens is 234 g/mol. The second kappa shape index (κ2) is 6.76. The fraction of sp³-hybridized carbons (Fsp3) is 0.818. The Balaban J connectivity index is 2.47. The molecule has 6 heteroatoms. The first-order valence-corrected chi connectivity index (χ1v) is 6.73. The van der Waals surface area contributed by atoms with Crippen molar-refractivity contribution in [1.82, 2.24) is 14.3 Å². The topological polar surface area (TPSA) is 44.3 Å². The number of nitrogens with one attached hydrogen (secondary N) is 1. The third-order valence-electron chi connectivity index (χ3n) is 2.66. The average molecular weight is 257 g/mol. The van der Waals surface area contributed by atoms with Gasteiger partial charge in [-0.25, -0.2) is 0 Å². The molecule has 0 amide bonds. The van der Waals surface area contributed by atoms with E-state index in [1.807, 2.05) is 19.0 Å². The van der Waals surface area contributed by atoms with Crippen LogP contribution in [0.2, 0.25) is 0 Å². The van der Waals surface area contributed by atoms with Gasteiger partial charge in [-0.15, -0.1) is 0 Å². The maximum Gasteiger partial charge on any atom is 0.238 e. The van der Waals surface area contributed by atoms with Crippen molar-refractivity contribution >= 4 is 22.6 Å². The predicted molar refractivity (Wildman–Crippen MR) is 75.1 cm³/mol. The Kier molecular flexibility index (Phi) is 5.64. The molecule has 0 spiro atoms. The molecule has 1 N–H and O–H groups in total. The van der Waals surface area contributed by atoms with Crippen LogP contribution < -0.4 is 10.2 Å². The van der Waals surface area contributed by atoms with Crippen LogP contribution in [0.25, 0.3) is 0 Å². The molecule has 0 aliphatic rings. The zero-order chi connectivity index (χ0) is 12.8. The van der Waals surface area contributed by atoms with E-state index in [1.165, 1.54) is 24.4 Å². The molecule has 1 heterocycles. The van der Waals surface area contributed by atoms with E-state index in [-0.39, 0.29) is 0 Å². The number of aromatic nitrogens is 2. The van der Waals surface area contributed by atoms with Gasteiger partial charge in [-0.3, -0.25) is 0 Å². The molecule has 17 heavy (non-hydrogen) atoms. The molecule has 0 aliphatic carbocycles. The molecule has 0 aromatic carbocycles. The van der Waals surface area contributed by atoms with Gasteiger partial charge in [0, 0.05) is 38.2 Å². The Hall–Kier alpha value is -0.880. The molecule has 1 aromatic rings. The number of rotatable bonds is 7. The van der Waals surface area contributed by atoms with E-state index in [4.69, 9.17) is 0 Å². The summed E-state index contributed by atoms with van der Waals surface area (Å²) < 4.78 is 4.26. The van der Waals surface area contributed by atoms with Crippen molar-refractivity contribution < 1.29 is 0 Å². The fourth-order valence-corrected chi connectivity index (χ4v) is 2.19. The molecule has 0 aliphatic heterocycles. The summed E-state index contributed by atoms with van der Waals surface area (Å²) in [5, 5.41) is 4.26. The summed E-state index contributed by atoms with van der Waals surface area (Å²) in [5.41, 5.74) is 0. The average Bonchev–Trinajstić information content (AvgIpc) is 2.72. The maximum absolute atomic E-state index is 4.40. The van der Waals surface area contributed by atoms with E-state index >= 15 is 0 Å². The van der Waals surface area contributed by atoms with Crippen molar-refractivity contribution in [3.63, 3.8) is 0 Å². The largest absolute Gasteiger partial charge is 0.359 e. The molecule has 5 nitrogen and oxygen atoms in total. The van der Waals surface area contributed by atoms with Crippen molar-refractivity contribution in [3.8, 4) is 0 Å². The molecule has 0 unspecified atom stereocenters. The fourth-order valence-electron chi connectivity index (χ4n) is 1.55. The summed E-state index contributed by atoms with van der Waals surface area (Å²) in [6, 6.07) is 0.548. The van der Waals surface area contributed by atoms with E-state index in [9.17, 15) is 0 Å². The molecule has 0 fully saturated rings. The van der Waals surface area contributed by atoms with Crippen molar-refractivity contribution in [2.24, 2.45) is 0 Å². The number of hydrogen-bond donors (Lipinski definition) is 1. The number of anilines is 2. The molecule has 1 aromatic heterocycles. The molecule has 0 bridgehead atoms. The van der Waals surface area contributed by atoms with Crippen molar-refractivity contribution in [1.29, 1.82) is 0 Å². The van der Waals surface area contributed by atoms with E-state index < -0.39 is 0 Å². The Labute approximate surface area is 108 Å². The second-order valence-corrected chi connectivity index (χ2v) is 5.33. The molecule has 0 saturated carbocycles. The number of nitrogens with zero attached hydrogens (tertiary/aromatic N) is 4. The highest BCUT2D eigenvalue weighted by molar-refractivity contribution is 7.09. The highest BCUT2D eigenvalue weighted by atomic mass is 32.1. The zero-order valence-corrected chi connectivity index (χ0v) is 12.2. The monoisotopic (exact) mass is 257 g/mol. The first-order valence-electron chi connectivity index (χ1n) is 5.96. The third-order valence-corrected chi connectivity index (χ3v) is 3.32. The van der Waals surface area contributed by atoms with Crippen LogP contribution in [-0.4, -0.2) is 55.0 Å². The summed E-state index contributed by atoms with van der Waals surface area (Å²) in [5.74, 6) is 0.773. The summed E-state index contributed by atoms with van der Waals surface area (Å²) in [6.07, 6.45) is 2.39. The maximum atomic E-state index is 4.40. The molecule has 1 atom stereocenters. The van der Waals surface area contributed by atoms with Gasteiger partial charge in [0.05, 0.1) is 0 Å². The standard InChI is InChI=1S/C11H23N5S/c1-6-7-9(15(2)3)8-12-11-13-10(14-17-11)16(4)5/h9H,6-8H2,1-5H3,(H,12,13,14)/t9-/m0/s1. The van der Waals surface area contributed by atoms with Crippen molar-refractivity contribution in [3.05, 3.63) is 0 Å². The Morgan fingerprint density at radius 2 is 2.00 bits per heavy atom. The van der Waals surface area contributed by atoms with E-state index in [1.54, 1.807) is 0 Å². The van der Waals surface area contributed by atoms with Gasteiger partial charge in [0.15, 0.2) is 0 Å². The van der Waals surface area contributed by atoms with Crippen molar-refractivity contribution in [2.45, 2.75) is 25.8 Å².